The Morgan fingerprint density at radius 2 is 2.00 bits per heavy atom. The predicted octanol–water partition coefficient (Wildman–Crippen LogP) is 2.22. The number of aromatic nitrogens is 3. The molecule has 1 aromatic carbocycles. The smallest absolute Gasteiger partial charge is 0.249 e. The number of ether oxygens (including phenoxy) is 1. The Morgan fingerprint density at radius 3 is 2.76 bits per heavy atom. The van der Waals surface area contributed by atoms with E-state index in [0.717, 1.165) is 11.4 Å². The molecule has 1 fully saturated rings. The zero-order valence-electron chi connectivity index (χ0n) is 16.4. The van der Waals surface area contributed by atoms with Crippen LogP contribution in [0.25, 0.3) is 5.65 Å². The summed E-state index contributed by atoms with van der Waals surface area (Å²) in [5.41, 5.74) is 2.29. The number of carbonyl (C=O) groups is 2. The minimum absolute atomic E-state index is 0.0129. The molecule has 1 aliphatic heterocycles. The van der Waals surface area contributed by atoms with E-state index in [2.05, 4.69) is 15.5 Å². The number of amides is 2. The molecular weight excluding hydrogens is 370 g/mol. The summed E-state index contributed by atoms with van der Waals surface area (Å²) >= 11 is 0. The number of nitrogens with zero attached hydrogens (tertiary/aromatic N) is 4. The zero-order valence-corrected chi connectivity index (χ0v) is 16.4. The molecule has 3 heterocycles. The van der Waals surface area contributed by atoms with Crippen LogP contribution in [0.3, 0.4) is 0 Å². The Balaban J connectivity index is 1.55. The lowest BCUT2D eigenvalue weighted by molar-refractivity contribution is -0.154. The van der Waals surface area contributed by atoms with Crippen LogP contribution in [-0.2, 0) is 20.9 Å². The molecule has 29 heavy (non-hydrogen) atoms. The lowest BCUT2D eigenvalue weighted by Crippen LogP contribution is -2.54. The Morgan fingerprint density at radius 1 is 1.21 bits per heavy atom. The highest BCUT2D eigenvalue weighted by atomic mass is 16.5. The summed E-state index contributed by atoms with van der Waals surface area (Å²) in [5, 5.41) is 11.3. The number of carbonyl (C=O) groups excluding carboxylic acids is 2. The largest absolute Gasteiger partial charge is 0.369 e. The quantitative estimate of drug-likeness (QED) is 0.718. The van der Waals surface area contributed by atoms with Gasteiger partial charge in [-0.2, -0.15) is 0 Å². The van der Waals surface area contributed by atoms with Crippen molar-refractivity contribution in [3.63, 3.8) is 0 Å². The molecule has 1 saturated heterocycles. The number of anilines is 1. The molecule has 3 aromatic rings. The second kappa shape index (κ2) is 8.00. The maximum Gasteiger partial charge on any atom is 0.249 e. The van der Waals surface area contributed by atoms with Gasteiger partial charge in [-0.1, -0.05) is 44.2 Å². The lowest BCUT2D eigenvalue weighted by Gasteiger charge is -2.34. The molecule has 1 N–H and O–H groups in total. The summed E-state index contributed by atoms with van der Waals surface area (Å²) in [6.45, 7) is 4.59. The normalized spacial score (nSPS) is 17.1. The van der Waals surface area contributed by atoms with Crippen LogP contribution in [0.15, 0.2) is 48.7 Å². The second-order valence-corrected chi connectivity index (χ2v) is 7.39. The molecule has 0 bridgehead atoms. The number of fused-ring (bicyclic) bond motifs is 1. The van der Waals surface area contributed by atoms with Crippen LogP contribution in [0, 0.1) is 0 Å². The van der Waals surface area contributed by atoms with Gasteiger partial charge in [0.2, 0.25) is 11.8 Å². The van der Waals surface area contributed by atoms with Crippen molar-refractivity contribution in [2.75, 3.05) is 18.5 Å². The molecule has 4 rings (SSSR count). The molecule has 8 heteroatoms. The molecule has 150 valence electrons. The van der Waals surface area contributed by atoms with Crippen LogP contribution in [0.5, 0.6) is 0 Å². The van der Waals surface area contributed by atoms with E-state index in [1.165, 1.54) is 0 Å². The van der Waals surface area contributed by atoms with Gasteiger partial charge in [0.1, 0.15) is 18.5 Å². The number of hydrogen-bond acceptors (Lipinski definition) is 5. The summed E-state index contributed by atoms with van der Waals surface area (Å²) in [4.78, 5) is 27.0. The molecule has 2 aromatic heterocycles. The van der Waals surface area contributed by atoms with E-state index in [1.54, 1.807) is 23.2 Å². The highest BCUT2D eigenvalue weighted by Gasteiger charge is 2.34. The van der Waals surface area contributed by atoms with E-state index in [1.807, 2.05) is 48.6 Å². The maximum absolute atomic E-state index is 13.0. The first-order chi connectivity index (χ1) is 14.0. The van der Waals surface area contributed by atoms with Gasteiger partial charge in [0.25, 0.3) is 0 Å². The molecule has 0 spiro atoms. The molecule has 1 aliphatic rings. The van der Waals surface area contributed by atoms with Crippen LogP contribution in [0.2, 0.25) is 0 Å². The third-order valence-corrected chi connectivity index (χ3v) is 4.91. The summed E-state index contributed by atoms with van der Waals surface area (Å²) in [5.74, 6) is 0.531. The second-order valence-electron chi connectivity index (χ2n) is 7.39. The van der Waals surface area contributed by atoms with Crippen molar-refractivity contribution in [3.05, 3.63) is 60.0 Å². The number of rotatable bonds is 5. The Labute approximate surface area is 168 Å². The van der Waals surface area contributed by atoms with Crippen molar-refractivity contribution in [3.8, 4) is 0 Å². The van der Waals surface area contributed by atoms with Crippen molar-refractivity contribution in [2.45, 2.75) is 32.4 Å². The van der Waals surface area contributed by atoms with Crippen LogP contribution in [-0.4, -0.2) is 50.6 Å². The predicted molar refractivity (Wildman–Crippen MR) is 107 cm³/mol. The average molecular weight is 393 g/mol. The standard InChI is InChI=1S/C21H23N5O3/c1-14(2)20-24-23-18-9-8-16(11-26(18)20)22-21(28)17-12-29-13-19(27)25(17)10-15-6-4-3-5-7-15/h3-9,11,14,17H,10,12-13H2,1-2H3,(H,22,28). The van der Waals surface area contributed by atoms with Crippen LogP contribution >= 0.6 is 0 Å². The van der Waals surface area contributed by atoms with E-state index in [0.29, 0.717) is 17.9 Å². The first-order valence-electron chi connectivity index (χ1n) is 9.59. The average Bonchev–Trinajstić information content (AvgIpc) is 3.14. The summed E-state index contributed by atoms with van der Waals surface area (Å²) in [7, 11) is 0. The highest BCUT2D eigenvalue weighted by molar-refractivity contribution is 5.98. The first-order valence-corrected chi connectivity index (χ1v) is 9.59. The first kappa shape index (κ1) is 19.1. The lowest BCUT2D eigenvalue weighted by atomic mass is 10.1. The monoisotopic (exact) mass is 393 g/mol. The van der Waals surface area contributed by atoms with Gasteiger partial charge in [0.05, 0.1) is 12.3 Å². The van der Waals surface area contributed by atoms with Crippen molar-refractivity contribution in [1.82, 2.24) is 19.5 Å². The highest BCUT2D eigenvalue weighted by Crippen LogP contribution is 2.19. The van der Waals surface area contributed by atoms with Gasteiger partial charge in [-0.15, -0.1) is 10.2 Å². The van der Waals surface area contributed by atoms with Gasteiger partial charge in [0.15, 0.2) is 5.65 Å². The number of morpholine rings is 1. The number of nitrogens with one attached hydrogen (secondary N) is 1. The van der Waals surface area contributed by atoms with Crippen molar-refractivity contribution >= 4 is 23.1 Å². The van der Waals surface area contributed by atoms with Crippen molar-refractivity contribution in [2.24, 2.45) is 0 Å². The topological polar surface area (TPSA) is 88.8 Å². The number of hydrogen-bond donors (Lipinski definition) is 1. The fourth-order valence-corrected chi connectivity index (χ4v) is 3.40. The van der Waals surface area contributed by atoms with Crippen LogP contribution in [0.4, 0.5) is 5.69 Å². The van der Waals surface area contributed by atoms with Crippen LogP contribution < -0.4 is 5.32 Å². The van der Waals surface area contributed by atoms with E-state index < -0.39 is 6.04 Å². The third kappa shape index (κ3) is 3.97. The Bertz CT molecular complexity index is 1030. The van der Waals surface area contributed by atoms with Gasteiger partial charge < -0.3 is 15.0 Å². The maximum atomic E-state index is 13.0. The Hall–Kier alpha value is -3.26. The third-order valence-electron chi connectivity index (χ3n) is 4.91. The van der Waals surface area contributed by atoms with Gasteiger partial charge in [-0.25, -0.2) is 0 Å². The van der Waals surface area contributed by atoms with Crippen molar-refractivity contribution < 1.29 is 14.3 Å². The molecule has 1 unspecified atom stereocenters. The SMILES string of the molecule is CC(C)c1nnc2ccc(NC(=O)C3COCC(=O)N3Cc3ccccc3)cn12. The van der Waals surface area contributed by atoms with E-state index in [9.17, 15) is 9.59 Å². The minimum Gasteiger partial charge on any atom is -0.369 e. The summed E-state index contributed by atoms with van der Waals surface area (Å²) < 4.78 is 7.22. The molecule has 0 radical (unpaired) electrons. The summed E-state index contributed by atoms with van der Waals surface area (Å²) in [6, 6.07) is 12.5. The van der Waals surface area contributed by atoms with Gasteiger partial charge in [-0.3, -0.25) is 14.0 Å². The van der Waals surface area contributed by atoms with Gasteiger partial charge in [-0.05, 0) is 17.7 Å². The molecule has 0 saturated carbocycles. The van der Waals surface area contributed by atoms with Crippen molar-refractivity contribution in [1.29, 1.82) is 0 Å². The van der Waals surface area contributed by atoms with Gasteiger partial charge in [0, 0.05) is 18.7 Å². The van der Waals surface area contributed by atoms with Crippen LogP contribution in [0.1, 0.15) is 31.2 Å². The molecule has 1 atom stereocenters. The number of benzene rings is 1. The van der Waals surface area contributed by atoms with E-state index >= 15 is 0 Å². The fourth-order valence-electron chi connectivity index (χ4n) is 3.40. The fraction of sp³-hybridized carbons (Fsp3) is 0.333. The summed E-state index contributed by atoms with van der Waals surface area (Å²) in [6.07, 6.45) is 1.80. The van der Waals surface area contributed by atoms with E-state index in [4.69, 9.17) is 4.74 Å². The molecule has 0 aliphatic carbocycles. The number of pyridine rings is 1. The molecular formula is C21H23N5O3. The van der Waals surface area contributed by atoms with Gasteiger partial charge >= 0.3 is 0 Å². The van der Waals surface area contributed by atoms with E-state index in [-0.39, 0.29) is 30.9 Å². The zero-order chi connectivity index (χ0) is 20.4. The minimum atomic E-state index is -0.697. The Kier molecular flexibility index (Phi) is 5.26. The molecule has 2 amide bonds. The molecule has 8 nitrogen and oxygen atoms in total.